The second-order valence-corrected chi connectivity index (χ2v) is 8.89. The number of nitrogens with zero attached hydrogens (tertiary/aromatic N) is 7. The molecular weight excluding hydrogens is 476 g/mol. The predicted molar refractivity (Wildman–Crippen MR) is 139 cm³/mol. The van der Waals surface area contributed by atoms with Crippen LogP contribution in [-0.4, -0.2) is 48.0 Å². The highest BCUT2D eigenvalue weighted by Crippen LogP contribution is 2.20. The third-order valence-electron chi connectivity index (χ3n) is 5.61. The molecule has 0 radical (unpaired) electrons. The van der Waals surface area contributed by atoms with E-state index in [1.54, 1.807) is 0 Å². The van der Waals surface area contributed by atoms with Gasteiger partial charge in [0.15, 0.2) is 0 Å². The minimum absolute atomic E-state index is 0.0318. The number of unbranched alkanes of at least 4 members (excludes halogenated alkanes) is 6. The molecule has 2 aromatic rings. The third kappa shape index (κ3) is 8.40. The van der Waals surface area contributed by atoms with Crippen molar-refractivity contribution in [3.05, 3.63) is 5.62 Å². The minimum Gasteiger partial charge on any atom is -0.296 e. The number of hydrogen-bond donors (Lipinski definition) is 3. The number of carbonyl (C=O) groups excluding carboxylic acids is 3. The van der Waals surface area contributed by atoms with Gasteiger partial charge in [-0.25, -0.2) is 4.40 Å². The molecule has 3 amide bonds. The molecule has 0 fully saturated rings. The molecule has 0 atom stereocenters. The maximum atomic E-state index is 12.4. The van der Waals surface area contributed by atoms with Crippen LogP contribution in [0.5, 0.6) is 0 Å². The molecule has 0 unspecified atom stereocenters. The number of guanidine groups is 1. The summed E-state index contributed by atoms with van der Waals surface area (Å²) in [7, 11) is 0. The summed E-state index contributed by atoms with van der Waals surface area (Å²) in [5.74, 6) is -0.191. The summed E-state index contributed by atoms with van der Waals surface area (Å²) in [5, 5.41) is 8.37. The SMILES string of the molecule is CCCCCC(=O)N=c1nc2n3c(nc(NC(=O)CCCCC)nc3n1)NC(NC(=O)CCCCC)=N2. The summed E-state index contributed by atoms with van der Waals surface area (Å²) in [4.78, 5) is 62.8. The second kappa shape index (κ2) is 14.1. The van der Waals surface area contributed by atoms with E-state index in [2.05, 4.69) is 66.6 Å². The number of nitrogens with one attached hydrogen (secondary N) is 3. The van der Waals surface area contributed by atoms with Gasteiger partial charge >= 0.3 is 0 Å². The summed E-state index contributed by atoms with van der Waals surface area (Å²) >= 11 is 0. The van der Waals surface area contributed by atoms with Crippen LogP contribution in [0.2, 0.25) is 0 Å². The Bertz CT molecular complexity index is 1220. The lowest BCUT2D eigenvalue weighted by Gasteiger charge is -2.19. The molecule has 0 aromatic carbocycles. The Morgan fingerprint density at radius 2 is 1.41 bits per heavy atom. The van der Waals surface area contributed by atoms with E-state index in [0.29, 0.717) is 12.8 Å². The molecule has 1 aliphatic rings. The van der Waals surface area contributed by atoms with E-state index < -0.39 is 0 Å². The molecule has 0 spiro atoms. The van der Waals surface area contributed by atoms with Gasteiger partial charge in [0.25, 0.3) is 5.62 Å². The van der Waals surface area contributed by atoms with E-state index in [-0.39, 0.29) is 59.3 Å². The van der Waals surface area contributed by atoms with Crippen molar-refractivity contribution in [3.63, 3.8) is 0 Å². The summed E-state index contributed by atoms with van der Waals surface area (Å²) < 4.78 is 1.43. The Kier molecular flexibility index (Phi) is 10.6. The molecule has 0 saturated heterocycles. The van der Waals surface area contributed by atoms with Crippen LogP contribution in [0.25, 0.3) is 5.78 Å². The molecule has 3 rings (SSSR count). The Morgan fingerprint density at radius 3 is 2.05 bits per heavy atom. The Balaban J connectivity index is 1.94. The first-order chi connectivity index (χ1) is 17.9. The smallest absolute Gasteiger partial charge is 0.259 e. The van der Waals surface area contributed by atoms with Gasteiger partial charge < -0.3 is 0 Å². The van der Waals surface area contributed by atoms with Crippen molar-refractivity contribution in [1.29, 1.82) is 0 Å². The fraction of sp³-hybridized carbons (Fsp3) is 0.625. The van der Waals surface area contributed by atoms with Gasteiger partial charge in [0.2, 0.25) is 47.3 Å². The van der Waals surface area contributed by atoms with Crippen molar-refractivity contribution in [2.24, 2.45) is 9.98 Å². The lowest BCUT2D eigenvalue weighted by molar-refractivity contribution is -0.120. The highest BCUT2D eigenvalue weighted by Gasteiger charge is 2.21. The second-order valence-electron chi connectivity index (χ2n) is 8.89. The van der Waals surface area contributed by atoms with Crippen LogP contribution < -0.4 is 21.6 Å². The van der Waals surface area contributed by atoms with Crippen molar-refractivity contribution in [2.45, 2.75) is 97.8 Å². The van der Waals surface area contributed by atoms with Gasteiger partial charge in [0.1, 0.15) is 0 Å². The maximum Gasteiger partial charge on any atom is 0.259 e. The van der Waals surface area contributed by atoms with Gasteiger partial charge in [-0.05, 0) is 19.3 Å². The van der Waals surface area contributed by atoms with Gasteiger partial charge in [-0.2, -0.15) is 29.9 Å². The molecule has 3 N–H and O–H groups in total. The van der Waals surface area contributed by atoms with Gasteiger partial charge in [-0.15, -0.1) is 0 Å². The molecule has 0 saturated carbocycles. The molecule has 2 aromatic heterocycles. The number of carbonyl (C=O) groups is 3. The monoisotopic (exact) mass is 512 g/mol. The van der Waals surface area contributed by atoms with Crippen LogP contribution in [0.15, 0.2) is 9.98 Å². The van der Waals surface area contributed by atoms with Crippen molar-refractivity contribution in [1.82, 2.24) is 29.7 Å². The van der Waals surface area contributed by atoms with Gasteiger partial charge in [0, 0.05) is 19.3 Å². The molecule has 1 aliphatic heterocycles. The largest absolute Gasteiger partial charge is 0.296 e. The molecule has 0 bridgehead atoms. The number of amides is 3. The van der Waals surface area contributed by atoms with E-state index >= 15 is 0 Å². The highest BCUT2D eigenvalue weighted by molar-refractivity contribution is 6.05. The fourth-order valence-electron chi connectivity index (χ4n) is 3.63. The maximum absolute atomic E-state index is 12.4. The number of aromatic nitrogens is 5. The zero-order chi connectivity index (χ0) is 26.6. The fourth-order valence-corrected chi connectivity index (χ4v) is 3.63. The van der Waals surface area contributed by atoms with E-state index in [1.165, 1.54) is 4.40 Å². The van der Waals surface area contributed by atoms with Crippen LogP contribution in [0, 0.1) is 0 Å². The van der Waals surface area contributed by atoms with Crippen molar-refractivity contribution in [2.75, 3.05) is 10.6 Å². The molecule has 3 heterocycles. The van der Waals surface area contributed by atoms with Crippen molar-refractivity contribution < 1.29 is 14.4 Å². The normalized spacial score (nSPS) is 12.7. The Labute approximate surface area is 215 Å². The number of aliphatic imine (C=N–C) groups is 1. The third-order valence-corrected chi connectivity index (χ3v) is 5.61. The Hall–Kier alpha value is -3.77. The number of rotatable bonds is 13. The summed E-state index contributed by atoms with van der Waals surface area (Å²) in [6, 6.07) is 0. The molecule has 0 aliphatic carbocycles. The van der Waals surface area contributed by atoms with Gasteiger partial charge in [-0.1, -0.05) is 59.3 Å². The lowest BCUT2D eigenvalue weighted by Crippen LogP contribution is -2.39. The van der Waals surface area contributed by atoms with Crippen LogP contribution in [0.1, 0.15) is 97.8 Å². The zero-order valence-corrected chi connectivity index (χ0v) is 21.8. The van der Waals surface area contributed by atoms with Crippen LogP contribution in [0.4, 0.5) is 17.8 Å². The highest BCUT2D eigenvalue weighted by atomic mass is 16.2. The minimum atomic E-state index is -0.342. The molecule has 37 heavy (non-hydrogen) atoms. The van der Waals surface area contributed by atoms with Crippen LogP contribution in [-0.2, 0) is 14.4 Å². The van der Waals surface area contributed by atoms with Crippen LogP contribution in [0.3, 0.4) is 0 Å². The van der Waals surface area contributed by atoms with Crippen LogP contribution >= 0.6 is 0 Å². The predicted octanol–water partition coefficient (Wildman–Crippen LogP) is 3.16. The molecule has 13 heteroatoms. The average molecular weight is 513 g/mol. The zero-order valence-electron chi connectivity index (χ0n) is 21.8. The first-order valence-corrected chi connectivity index (χ1v) is 13.1. The van der Waals surface area contributed by atoms with E-state index in [1.807, 2.05) is 0 Å². The van der Waals surface area contributed by atoms with Crippen molar-refractivity contribution >= 4 is 47.3 Å². The summed E-state index contributed by atoms with van der Waals surface area (Å²) in [5.41, 5.74) is -0.0966. The lowest BCUT2D eigenvalue weighted by atomic mass is 10.2. The first kappa shape index (κ1) is 27.8. The standard InChI is InChI=1S/C24H36N10O3/c1-4-7-10-13-16(35)25-19-28-22-30-20(26-17(36)14-11-8-5-2)32-24-33-21(31-23(29-19)34(22)24)27-18(37)15-12-9-6-3/h4-15H2,1-3H3,(H3,25,26,27,28,29,30,31,32,33,35,36,37). The molecule has 13 nitrogen and oxygen atoms in total. The first-order valence-electron chi connectivity index (χ1n) is 13.1. The number of anilines is 2. The topological polar surface area (TPSA) is 168 Å². The Morgan fingerprint density at radius 1 is 0.784 bits per heavy atom. The summed E-state index contributed by atoms with van der Waals surface area (Å²) in [6.45, 7) is 6.18. The van der Waals surface area contributed by atoms with E-state index in [4.69, 9.17) is 0 Å². The number of hydrogen-bond acceptors (Lipinski definition) is 9. The van der Waals surface area contributed by atoms with E-state index in [9.17, 15) is 14.4 Å². The molecule has 200 valence electrons. The van der Waals surface area contributed by atoms with Crippen molar-refractivity contribution in [3.8, 4) is 0 Å². The molecular formula is C24H36N10O3. The quantitative estimate of drug-likeness (QED) is 0.344. The van der Waals surface area contributed by atoms with Gasteiger partial charge in [0.05, 0.1) is 0 Å². The average Bonchev–Trinajstić information content (AvgIpc) is 2.84. The van der Waals surface area contributed by atoms with E-state index in [0.717, 1.165) is 57.8 Å². The summed E-state index contributed by atoms with van der Waals surface area (Å²) in [6.07, 6.45) is 9.03. The van der Waals surface area contributed by atoms with Gasteiger partial charge in [-0.3, -0.25) is 30.3 Å².